The minimum Gasteiger partial charge on any atom is -0.310 e. The third-order valence-electron chi connectivity index (χ3n) is 19.2. The van der Waals surface area contributed by atoms with Gasteiger partial charge in [-0.2, -0.15) is 0 Å². The molecule has 0 saturated carbocycles. The van der Waals surface area contributed by atoms with Gasteiger partial charge in [-0.05, 0) is 174 Å². The van der Waals surface area contributed by atoms with Crippen LogP contribution >= 0.6 is 0 Å². The second-order valence-corrected chi connectivity index (χ2v) is 27.9. The lowest BCUT2D eigenvalue weighted by atomic mass is 9.31. The second-order valence-electron chi connectivity index (χ2n) is 27.9. The van der Waals surface area contributed by atoms with E-state index in [1.165, 1.54) is 106 Å². The molecule has 1 aliphatic heterocycles. The Morgan fingerprint density at radius 1 is 0.487 bits per heavy atom. The lowest BCUT2D eigenvalue weighted by Gasteiger charge is -2.38. The van der Waals surface area contributed by atoms with Gasteiger partial charge in [-0.25, -0.2) is 0 Å². The summed E-state index contributed by atoms with van der Waals surface area (Å²) in [7, 11) is 0. The van der Waals surface area contributed by atoms with Crippen molar-refractivity contribution in [2.45, 2.75) is 155 Å². The summed E-state index contributed by atoms with van der Waals surface area (Å²) in [5, 5.41) is 0. The predicted octanol–water partition coefficient (Wildman–Crippen LogP) is 18.8. The van der Waals surface area contributed by atoms with E-state index < -0.39 is 0 Å². The van der Waals surface area contributed by atoms with Crippen molar-refractivity contribution in [1.82, 2.24) is 0 Å². The molecule has 0 bridgehead atoms. The summed E-state index contributed by atoms with van der Waals surface area (Å²) in [6.45, 7) is 31.8. The van der Waals surface area contributed by atoms with Crippen molar-refractivity contribution in [3.05, 3.63) is 261 Å². The Hall–Kier alpha value is -7.16. The number of anilines is 3. The van der Waals surface area contributed by atoms with Gasteiger partial charge in [0.1, 0.15) is 0 Å². The summed E-state index contributed by atoms with van der Waals surface area (Å²) in [6.07, 6.45) is 4.16. The zero-order chi connectivity index (χ0) is 56.1. The van der Waals surface area contributed by atoms with Crippen molar-refractivity contribution >= 4 is 40.2 Å². The molecule has 9 aromatic carbocycles. The van der Waals surface area contributed by atoms with E-state index in [9.17, 15) is 0 Å². The van der Waals surface area contributed by atoms with Gasteiger partial charge in [0.05, 0.1) is 0 Å². The fourth-order valence-electron chi connectivity index (χ4n) is 15.7. The number of para-hydroxylation sites is 2. The van der Waals surface area contributed by atoms with Gasteiger partial charge in [0.25, 0.3) is 0 Å². The van der Waals surface area contributed by atoms with Crippen LogP contribution in [0.25, 0.3) is 22.3 Å². The van der Waals surface area contributed by atoms with E-state index >= 15 is 0 Å². The molecule has 0 aromatic heterocycles. The number of benzene rings is 9. The Balaban J connectivity index is 1.13. The summed E-state index contributed by atoms with van der Waals surface area (Å²) < 4.78 is 0. The standard InChI is InChI=1S/C78H82BN/c1-51-42-61(80(59-30-22-16-23-31-59)60-32-24-17-25-33-60)46-66-62(39-35-55-34-38-58(74(3,4)5)45-64(55)54-28-20-15-21-29-54)65-43-57(53-26-18-14-19-27-53)37-41-71(65)79(73(51)66)72-48-70-69(77(10,11)50-78(70,12)13)47-63(72)52(2)56-36-40-67-68(44-56)76(8,9)49-75(67,6)7/h14-34,36-38,40-48,52,62H,35,39,49-50H2,1-13H3. The van der Waals surface area contributed by atoms with Crippen LogP contribution in [0.5, 0.6) is 0 Å². The van der Waals surface area contributed by atoms with Gasteiger partial charge >= 0.3 is 0 Å². The molecule has 1 nitrogen and oxygen atoms in total. The van der Waals surface area contributed by atoms with Gasteiger partial charge in [-0.3, -0.25) is 0 Å². The highest BCUT2D eigenvalue weighted by Gasteiger charge is 2.47. The first kappa shape index (κ1) is 53.5. The highest BCUT2D eigenvalue weighted by Crippen LogP contribution is 2.53. The third-order valence-corrected chi connectivity index (χ3v) is 19.2. The number of hydrogen-bond acceptors (Lipinski definition) is 1. The van der Waals surface area contributed by atoms with E-state index in [1.54, 1.807) is 0 Å². The predicted molar refractivity (Wildman–Crippen MR) is 345 cm³/mol. The largest absolute Gasteiger partial charge is 0.310 e. The molecule has 0 radical (unpaired) electrons. The Bertz CT molecular complexity index is 3740. The lowest BCUT2D eigenvalue weighted by molar-refractivity contribution is 0.403. The number of aryl methyl sites for hydroxylation is 2. The smallest absolute Gasteiger partial charge is 0.242 e. The first-order chi connectivity index (χ1) is 38.1. The normalized spacial score (nSPS) is 17.5. The average molecular weight is 1040 g/mol. The van der Waals surface area contributed by atoms with Crippen LogP contribution in [-0.2, 0) is 33.5 Å². The first-order valence-electron chi connectivity index (χ1n) is 29.9. The minimum absolute atomic E-state index is 0.00460. The third kappa shape index (κ3) is 9.49. The topological polar surface area (TPSA) is 3.24 Å². The summed E-state index contributed by atoms with van der Waals surface area (Å²) >= 11 is 0. The van der Waals surface area contributed by atoms with Gasteiger partial charge < -0.3 is 4.90 Å². The molecule has 2 unspecified atom stereocenters. The molecular formula is C78H82BN. The van der Waals surface area contributed by atoms with Crippen LogP contribution in [0, 0.1) is 6.92 Å². The van der Waals surface area contributed by atoms with Gasteiger partial charge in [-0.1, -0.05) is 269 Å². The number of nitrogens with zero attached hydrogens (tertiary/aromatic N) is 1. The Labute approximate surface area is 480 Å². The molecule has 0 N–H and O–H groups in total. The van der Waals surface area contributed by atoms with Crippen LogP contribution < -0.4 is 21.3 Å². The number of fused-ring (bicyclic) bond motifs is 4. The van der Waals surface area contributed by atoms with Crippen LogP contribution in [0.15, 0.2) is 200 Å². The molecule has 0 amide bonds. The Morgan fingerprint density at radius 3 is 1.64 bits per heavy atom. The van der Waals surface area contributed by atoms with E-state index in [4.69, 9.17) is 0 Å². The SMILES string of the molecule is Cc1cc(N(c2ccccc2)c2ccccc2)cc2c1B(c1cc3c(cc1C(C)c1ccc4c(c1)C(C)(C)CC4(C)C)C(C)(C)CC3(C)C)c1ccc(-c3ccccc3)cc1C2CCc1ccc(C(C)(C)C)cc1-c1ccccc1. The van der Waals surface area contributed by atoms with Crippen LogP contribution in [0.2, 0.25) is 0 Å². The molecule has 402 valence electrons. The van der Waals surface area contributed by atoms with E-state index in [-0.39, 0.29) is 45.6 Å². The molecular weight excluding hydrogens is 962 g/mol. The van der Waals surface area contributed by atoms with E-state index in [1.807, 2.05) is 0 Å². The fraction of sp³-hybridized carbons (Fsp3) is 0.308. The van der Waals surface area contributed by atoms with Crippen molar-refractivity contribution in [1.29, 1.82) is 0 Å². The molecule has 2 atom stereocenters. The Kier molecular flexibility index (Phi) is 13.3. The second kappa shape index (κ2) is 19.8. The van der Waals surface area contributed by atoms with Crippen LogP contribution in [0.4, 0.5) is 17.1 Å². The van der Waals surface area contributed by atoms with Crippen molar-refractivity contribution < 1.29 is 0 Å². The highest BCUT2D eigenvalue weighted by atomic mass is 15.1. The number of hydrogen-bond donors (Lipinski definition) is 0. The van der Waals surface area contributed by atoms with E-state index in [0.29, 0.717) is 0 Å². The number of rotatable bonds is 11. The van der Waals surface area contributed by atoms with E-state index in [0.717, 1.165) is 37.1 Å². The molecule has 1 heterocycles. The summed E-state index contributed by atoms with van der Waals surface area (Å²) in [5.74, 6) is 0.261. The highest BCUT2D eigenvalue weighted by molar-refractivity contribution is 6.97. The van der Waals surface area contributed by atoms with Crippen LogP contribution in [0.1, 0.15) is 175 Å². The summed E-state index contributed by atoms with van der Waals surface area (Å²) in [6, 6.07) is 77.3. The van der Waals surface area contributed by atoms with Crippen molar-refractivity contribution in [2.75, 3.05) is 4.90 Å². The maximum absolute atomic E-state index is 2.73. The molecule has 2 aliphatic carbocycles. The van der Waals surface area contributed by atoms with Gasteiger partial charge in [-0.15, -0.1) is 0 Å². The molecule has 80 heavy (non-hydrogen) atoms. The Morgan fingerprint density at radius 2 is 1.04 bits per heavy atom. The van der Waals surface area contributed by atoms with Gasteiger partial charge in [0, 0.05) is 28.9 Å². The minimum atomic E-state index is -0.00460. The quantitative estimate of drug-likeness (QED) is 0.117. The van der Waals surface area contributed by atoms with Gasteiger partial charge in [0.15, 0.2) is 0 Å². The molecule has 2 heteroatoms. The first-order valence-corrected chi connectivity index (χ1v) is 29.9. The molecule has 9 aromatic rings. The fourth-order valence-corrected chi connectivity index (χ4v) is 15.7. The summed E-state index contributed by atoms with van der Waals surface area (Å²) in [4.78, 5) is 2.48. The zero-order valence-corrected chi connectivity index (χ0v) is 50.1. The van der Waals surface area contributed by atoms with Gasteiger partial charge in [0.2, 0.25) is 6.71 Å². The molecule has 0 spiro atoms. The van der Waals surface area contributed by atoms with Crippen molar-refractivity contribution in [3.8, 4) is 22.3 Å². The van der Waals surface area contributed by atoms with Crippen LogP contribution in [-0.4, -0.2) is 6.71 Å². The van der Waals surface area contributed by atoms with Crippen molar-refractivity contribution in [3.63, 3.8) is 0 Å². The monoisotopic (exact) mass is 1040 g/mol. The maximum Gasteiger partial charge on any atom is 0.242 e. The molecule has 0 fully saturated rings. The average Bonchev–Trinajstić information content (AvgIpc) is 2.66. The zero-order valence-electron chi connectivity index (χ0n) is 50.1. The lowest BCUT2D eigenvalue weighted by Crippen LogP contribution is -2.60. The van der Waals surface area contributed by atoms with Crippen LogP contribution in [0.3, 0.4) is 0 Å². The molecule has 12 rings (SSSR count). The van der Waals surface area contributed by atoms with Crippen molar-refractivity contribution in [2.24, 2.45) is 0 Å². The molecule has 3 aliphatic rings. The van der Waals surface area contributed by atoms with E-state index in [2.05, 4.69) is 295 Å². The maximum atomic E-state index is 2.73. The molecule has 0 saturated heterocycles. The summed E-state index contributed by atoms with van der Waals surface area (Å²) in [5.41, 5.74) is 29.3.